The highest BCUT2D eigenvalue weighted by molar-refractivity contribution is 7.09. The Hall–Kier alpha value is -1.10. The Balaban J connectivity index is 2.89. The van der Waals surface area contributed by atoms with E-state index in [2.05, 4.69) is 10.1 Å². The molecule has 4 nitrogen and oxygen atoms in total. The number of hydrogen-bond acceptors (Lipinski definition) is 4. The second kappa shape index (κ2) is 3.34. The van der Waals surface area contributed by atoms with Crippen molar-refractivity contribution in [2.24, 2.45) is 10.9 Å². The molecule has 1 aromatic rings. The molecule has 1 heterocycles. The van der Waals surface area contributed by atoms with Gasteiger partial charge in [-0.15, -0.1) is 11.3 Å². The summed E-state index contributed by atoms with van der Waals surface area (Å²) in [4.78, 5) is 4.10. The van der Waals surface area contributed by atoms with E-state index in [0.717, 1.165) is 11.4 Å². The Morgan fingerprint density at radius 2 is 2.64 bits per heavy atom. The zero-order valence-corrected chi connectivity index (χ0v) is 6.93. The lowest BCUT2D eigenvalue weighted by Crippen LogP contribution is -2.13. The van der Waals surface area contributed by atoms with Crippen LogP contribution in [-0.4, -0.2) is 16.0 Å². The van der Waals surface area contributed by atoms with Gasteiger partial charge >= 0.3 is 0 Å². The smallest absolute Gasteiger partial charge is 0.189 e. The molecule has 0 atom stereocenters. The van der Waals surface area contributed by atoms with E-state index < -0.39 is 0 Å². The summed E-state index contributed by atoms with van der Waals surface area (Å²) in [6, 6.07) is 0. The fourth-order valence-electron chi connectivity index (χ4n) is 0.642. The normalized spacial score (nSPS) is 11.9. The van der Waals surface area contributed by atoms with E-state index in [1.54, 1.807) is 5.38 Å². The molecule has 1 aromatic heterocycles. The third-order valence-corrected chi connectivity index (χ3v) is 2.22. The molecule has 0 radical (unpaired) electrons. The van der Waals surface area contributed by atoms with Crippen LogP contribution in [0.1, 0.15) is 17.6 Å². The molecule has 0 aliphatic heterocycles. The summed E-state index contributed by atoms with van der Waals surface area (Å²) in [6.07, 6.45) is 0.878. The second-order valence-electron chi connectivity index (χ2n) is 1.97. The molecule has 0 saturated carbocycles. The van der Waals surface area contributed by atoms with Crippen LogP contribution in [0.4, 0.5) is 0 Å². The van der Waals surface area contributed by atoms with Gasteiger partial charge in [0.25, 0.3) is 0 Å². The topological polar surface area (TPSA) is 71.5 Å². The molecule has 0 aromatic carbocycles. The van der Waals surface area contributed by atoms with Gasteiger partial charge < -0.3 is 10.9 Å². The molecule has 0 spiro atoms. The lowest BCUT2D eigenvalue weighted by molar-refractivity contribution is 0.318. The van der Waals surface area contributed by atoms with E-state index in [0.29, 0.717) is 5.69 Å². The van der Waals surface area contributed by atoms with Crippen molar-refractivity contribution < 1.29 is 5.21 Å². The molecule has 0 aliphatic carbocycles. The average molecular weight is 171 g/mol. The summed E-state index contributed by atoms with van der Waals surface area (Å²) in [5.74, 6) is 0.0703. The molecule has 5 heteroatoms. The average Bonchev–Trinajstić information content (AvgIpc) is 2.50. The zero-order chi connectivity index (χ0) is 8.27. The Bertz CT molecular complexity index is 269. The molecule has 0 bridgehead atoms. The fraction of sp³-hybridized carbons (Fsp3) is 0.333. The predicted octanol–water partition coefficient (Wildman–Crippen LogP) is 0.800. The predicted molar refractivity (Wildman–Crippen MR) is 44.0 cm³/mol. The molecule has 60 valence electrons. The van der Waals surface area contributed by atoms with Gasteiger partial charge in [0.2, 0.25) is 0 Å². The third-order valence-electron chi connectivity index (χ3n) is 1.22. The van der Waals surface area contributed by atoms with E-state index >= 15 is 0 Å². The number of rotatable bonds is 2. The van der Waals surface area contributed by atoms with Crippen LogP contribution >= 0.6 is 11.3 Å². The van der Waals surface area contributed by atoms with Gasteiger partial charge in [0, 0.05) is 5.38 Å². The van der Waals surface area contributed by atoms with E-state index in [1.807, 2.05) is 6.92 Å². The van der Waals surface area contributed by atoms with Crippen molar-refractivity contribution in [3.05, 3.63) is 16.1 Å². The van der Waals surface area contributed by atoms with Crippen molar-refractivity contribution in [2.45, 2.75) is 13.3 Å². The molecule has 0 saturated heterocycles. The zero-order valence-electron chi connectivity index (χ0n) is 6.11. The minimum Gasteiger partial charge on any atom is -0.409 e. The van der Waals surface area contributed by atoms with Crippen molar-refractivity contribution in [1.29, 1.82) is 0 Å². The van der Waals surface area contributed by atoms with Crippen LogP contribution in [0.25, 0.3) is 0 Å². The van der Waals surface area contributed by atoms with Crippen molar-refractivity contribution >= 4 is 17.2 Å². The van der Waals surface area contributed by atoms with E-state index in [-0.39, 0.29) is 5.84 Å². The van der Waals surface area contributed by atoms with Gasteiger partial charge in [-0.1, -0.05) is 12.1 Å². The fourth-order valence-corrected chi connectivity index (χ4v) is 1.38. The van der Waals surface area contributed by atoms with Crippen LogP contribution < -0.4 is 5.73 Å². The lowest BCUT2D eigenvalue weighted by Gasteiger charge is -1.88. The molecule has 0 aliphatic rings. The van der Waals surface area contributed by atoms with Gasteiger partial charge in [-0.2, -0.15) is 0 Å². The first kappa shape index (κ1) is 8.00. The maximum atomic E-state index is 8.30. The van der Waals surface area contributed by atoms with Gasteiger partial charge in [0.15, 0.2) is 5.84 Å². The molecular formula is C6H9N3OS. The van der Waals surface area contributed by atoms with Gasteiger partial charge in [-0.25, -0.2) is 4.98 Å². The van der Waals surface area contributed by atoms with Crippen LogP contribution in [0, 0.1) is 0 Å². The monoisotopic (exact) mass is 171 g/mol. The number of hydrogen-bond donors (Lipinski definition) is 2. The van der Waals surface area contributed by atoms with Crippen molar-refractivity contribution in [2.75, 3.05) is 0 Å². The van der Waals surface area contributed by atoms with E-state index in [9.17, 15) is 0 Å². The molecular weight excluding hydrogens is 162 g/mol. The van der Waals surface area contributed by atoms with Crippen LogP contribution in [-0.2, 0) is 6.42 Å². The third kappa shape index (κ3) is 1.68. The highest BCUT2D eigenvalue weighted by Gasteiger charge is 2.03. The van der Waals surface area contributed by atoms with Gasteiger partial charge in [-0.05, 0) is 6.42 Å². The number of amidine groups is 1. The first-order chi connectivity index (χ1) is 5.27. The van der Waals surface area contributed by atoms with Gasteiger partial charge in [0.1, 0.15) is 5.69 Å². The first-order valence-electron chi connectivity index (χ1n) is 3.20. The Morgan fingerprint density at radius 3 is 3.09 bits per heavy atom. The number of aryl methyl sites for hydroxylation is 1. The summed E-state index contributed by atoms with van der Waals surface area (Å²) >= 11 is 1.51. The Morgan fingerprint density at radius 1 is 1.91 bits per heavy atom. The Labute approximate surface area is 68.4 Å². The van der Waals surface area contributed by atoms with E-state index in [4.69, 9.17) is 10.9 Å². The summed E-state index contributed by atoms with van der Waals surface area (Å²) < 4.78 is 0. The van der Waals surface area contributed by atoms with Crippen LogP contribution in [0.5, 0.6) is 0 Å². The van der Waals surface area contributed by atoms with Gasteiger partial charge in [0.05, 0.1) is 5.01 Å². The molecule has 11 heavy (non-hydrogen) atoms. The molecule has 0 unspecified atom stereocenters. The Kier molecular flexibility index (Phi) is 2.43. The highest BCUT2D eigenvalue weighted by Crippen LogP contribution is 2.09. The molecule has 0 fully saturated rings. The number of aromatic nitrogens is 1. The number of oxime groups is 1. The first-order valence-corrected chi connectivity index (χ1v) is 4.08. The minimum atomic E-state index is 0.0703. The molecule has 3 N–H and O–H groups in total. The maximum Gasteiger partial charge on any atom is 0.189 e. The number of nitrogens with zero attached hydrogens (tertiary/aromatic N) is 2. The molecule has 0 amide bonds. The van der Waals surface area contributed by atoms with Crippen molar-refractivity contribution in [3.8, 4) is 0 Å². The quantitative estimate of drug-likeness (QED) is 0.299. The maximum absolute atomic E-state index is 8.30. The SMILES string of the molecule is CCc1nc(/C(N)=N/O)cs1. The van der Waals surface area contributed by atoms with Crippen molar-refractivity contribution in [3.63, 3.8) is 0 Å². The summed E-state index contributed by atoms with van der Waals surface area (Å²) in [5.41, 5.74) is 5.86. The largest absolute Gasteiger partial charge is 0.409 e. The standard InChI is InChI=1S/C6H9N3OS/c1-2-5-8-4(3-11-5)6(7)9-10/h3,10H,2H2,1H3,(H2,7,9). The van der Waals surface area contributed by atoms with E-state index in [1.165, 1.54) is 11.3 Å². The van der Waals surface area contributed by atoms with Crippen LogP contribution in [0.15, 0.2) is 10.5 Å². The minimum absolute atomic E-state index is 0.0703. The summed E-state index contributed by atoms with van der Waals surface area (Å²) in [7, 11) is 0. The van der Waals surface area contributed by atoms with Crippen molar-refractivity contribution in [1.82, 2.24) is 4.98 Å². The number of thiazole rings is 1. The van der Waals surface area contributed by atoms with Crippen LogP contribution in [0.2, 0.25) is 0 Å². The second-order valence-corrected chi connectivity index (χ2v) is 2.91. The lowest BCUT2D eigenvalue weighted by atomic mass is 10.4. The highest BCUT2D eigenvalue weighted by atomic mass is 32.1. The summed E-state index contributed by atoms with van der Waals surface area (Å²) in [6.45, 7) is 2.01. The number of nitrogens with two attached hydrogens (primary N) is 1. The van der Waals surface area contributed by atoms with Gasteiger partial charge in [-0.3, -0.25) is 0 Å². The summed E-state index contributed by atoms with van der Waals surface area (Å²) in [5, 5.41) is 13.9. The van der Waals surface area contributed by atoms with Crippen LogP contribution in [0.3, 0.4) is 0 Å². The molecule has 1 rings (SSSR count).